The van der Waals surface area contributed by atoms with Crippen molar-refractivity contribution in [3.05, 3.63) is 94.9 Å². The molecular weight excluding hydrogens is 440 g/mol. The van der Waals surface area contributed by atoms with E-state index in [1.54, 1.807) is 12.1 Å². The number of aromatic nitrogens is 3. The van der Waals surface area contributed by atoms with Gasteiger partial charge in [0.05, 0.1) is 23.5 Å². The van der Waals surface area contributed by atoms with Gasteiger partial charge in [-0.3, -0.25) is 19.5 Å². The van der Waals surface area contributed by atoms with Crippen molar-refractivity contribution in [2.75, 3.05) is 4.72 Å². The molecule has 0 atom stereocenters. The van der Waals surface area contributed by atoms with Crippen LogP contribution in [0.25, 0.3) is 15.9 Å². The summed E-state index contributed by atoms with van der Waals surface area (Å²) in [4.78, 5) is 26.8. The number of sulfonamides is 1. The van der Waals surface area contributed by atoms with Gasteiger partial charge in [0.1, 0.15) is 17.2 Å². The van der Waals surface area contributed by atoms with Gasteiger partial charge in [0, 0.05) is 29.5 Å². The molecular formula is C21H13F2N5O3S. The Hall–Kier alpha value is -4.17. The van der Waals surface area contributed by atoms with Crippen molar-refractivity contribution in [1.82, 2.24) is 15.0 Å². The fourth-order valence-corrected chi connectivity index (χ4v) is 4.22. The van der Waals surface area contributed by atoms with Gasteiger partial charge in [0.25, 0.3) is 0 Å². The summed E-state index contributed by atoms with van der Waals surface area (Å²) >= 11 is 0. The number of anilines is 1. The average molecular weight is 453 g/mol. The van der Waals surface area contributed by atoms with E-state index in [0.29, 0.717) is 0 Å². The average Bonchev–Trinajstić information content (AvgIpc) is 3.19. The number of benzene rings is 1. The quantitative estimate of drug-likeness (QED) is 0.339. The van der Waals surface area contributed by atoms with Crippen LogP contribution in [0.4, 0.5) is 20.2 Å². The van der Waals surface area contributed by atoms with Crippen LogP contribution in [0.15, 0.2) is 55.0 Å². The van der Waals surface area contributed by atoms with E-state index in [2.05, 4.69) is 19.8 Å². The van der Waals surface area contributed by atoms with Gasteiger partial charge in [-0.15, -0.1) is 0 Å². The molecule has 160 valence electrons. The number of carbonyl (C=O) groups excluding carboxylic acids is 1. The SMILES string of the molecule is [C-]#[N+]c1cnc2[nH]cc(C(=O)c3c(F)ccc(NS(=O)(=O)Cc4ccccn4)c3F)c2c1. The molecule has 0 fully saturated rings. The summed E-state index contributed by atoms with van der Waals surface area (Å²) in [5.74, 6) is -4.09. The molecule has 0 radical (unpaired) electrons. The van der Waals surface area contributed by atoms with Crippen molar-refractivity contribution >= 4 is 38.2 Å². The number of hydrogen-bond donors (Lipinski definition) is 2. The minimum absolute atomic E-state index is 0.107. The van der Waals surface area contributed by atoms with Crippen LogP contribution in [-0.2, 0) is 15.8 Å². The molecule has 4 aromatic rings. The van der Waals surface area contributed by atoms with E-state index in [1.807, 2.05) is 4.72 Å². The van der Waals surface area contributed by atoms with Gasteiger partial charge in [-0.05, 0) is 30.3 Å². The van der Waals surface area contributed by atoms with Gasteiger partial charge >= 0.3 is 0 Å². The van der Waals surface area contributed by atoms with Crippen LogP contribution < -0.4 is 4.72 Å². The van der Waals surface area contributed by atoms with E-state index < -0.39 is 44.4 Å². The van der Waals surface area contributed by atoms with Crippen LogP contribution in [0.2, 0.25) is 0 Å². The van der Waals surface area contributed by atoms with Gasteiger partial charge in [0.15, 0.2) is 5.82 Å². The molecule has 1 aromatic carbocycles. The number of aromatic amines is 1. The van der Waals surface area contributed by atoms with E-state index in [-0.39, 0.29) is 28.0 Å². The largest absolute Gasteiger partial charge is 0.345 e. The van der Waals surface area contributed by atoms with E-state index in [0.717, 1.165) is 12.1 Å². The first kappa shape index (κ1) is 21.1. The first-order valence-electron chi connectivity index (χ1n) is 9.07. The predicted octanol–water partition coefficient (Wildman–Crippen LogP) is 3.96. The lowest BCUT2D eigenvalue weighted by Crippen LogP contribution is -2.18. The van der Waals surface area contributed by atoms with Crippen molar-refractivity contribution in [1.29, 1.82) is 0 Å². The fourth-order valence-electron chi connectivity index (χ4n) is 3.10. The molecule has 0 aliphatic rings. The van der Waals surface area contributed by atoms with Crippen LogP contribution in [0.5, 0.6) is 0 Å². The Bertz CT molecular complexity index is 1500. The van der Waals surface area contributed by atoms with Crippen molar-refractivity contribution in [2.24, 2.45) is 0 Å². The Labute approximate surface area is 180 Å². The summed E-state index contributed by atoms with van der Waals surface area (Å²) in [5, 5.41) is 0.212. The second kappa shape index (κ2) is 8.16. The lowest BCUT2D eigenvalue weighted by atomic mass is 10.0. The highest BCUT2D eigenvalue weighted by molar-refractivity contribution is 7.91. The second-order valence-electron chi connectivity index (χ2n) is 6.70. The first-order chi connectivity index (χ1) is 15.3. The Morgan fingerprint density at radius 2 is 2.00 bits per heavy atom. The van der Waals surface area contributed by atoms with Crippen LogP contribution >= 0.6 is 0 Å². The Morgan fingerprint density at radius 3 is 2.72 bits per heavy atom. The monoisotopic (exact) mass is 453 g/mol. The summed E-state index contributed by atoms with van der Waals surface area (Å²) in [7, 11) is -4.10. The maximum atomic E-state index is 15.1. The predicted molar refractivity (Wildman–Crippen MR) is 113 cm³/mol. The molecule has 0 aliphatic carbocycles. The topological polar surface area (TPSA) is 109 Å². The number of rotatable bonds is 6. The number of ketones is 1. The van der Waals surface area contributed by atoms with Crippen molar-refractivity contribution in [2.45, 2.75) is 5.75 Å². The van der Waals surface area contributed by atoms with Gasteiger partial charge in [-0.2, -0.15) is 0 Å². The third-order valence-electron chi connectivity index (χ3n) is 4.54. The number of fused-ring (bicyclic) bond motifs is 1. The van der Waals surface area contributed by atoms with E-state index >= 15 is 4.39 Å². The molecule has 0 aliphatic heterocycles. The van der Waals surface area contributed by atoms with Crippen molar-refractivity contribution in [3.63, 3.8) is 0 Å². The normalized spacial score (nSPS) is 11.3. The van der Waals surface area contributed by atoms with Gasteiger partial charge in [-0.25, -0.2) is 22.0 Å². The van der Waals surface area contributed by atoms with E-state index in [9.17, 15) is 17.6 Å². The molecule has 32 heavy (non-hydrogen) atoms. The molecule has 0 bridgehead atoms. The number of H-pyrrole nitrogens is 1. The minimum atomic E-state index is -4.10. The van der Waals surface area contributed by atoms with Crippen LogP contribution in [-0.4, -0.2) is 29.2 Å². The lowest BCUT2D eigenvalue weighted by molar-refractivity contribution is 0.103. The van der Waals surface area contributed by atoms with E-state index in [1.165, 1.54) is 30.7 Å². The standard InChI is InChI=1S/C21H13F2N5O3S/c1-24-13-8-14-15(10-27-21(14)26-9-13)20(29)18-16(22)5-6-17(19(18)23)28-32(30,31)11-12-4-2-3-7-25-12/h2-10,28H,11H2,(H,26,27). The van der Waals surface area contributed by atoms with Crippen molar-refractivity contribution in [3.8, 4) is 0 Å². The highest BCUT2D eigenvalue weighted by Crippen LogP contribution is 2.29. The highest BCUT2D eigenvalue weighted by Gasteiger charge is 2.26. The summed E-state index contributed by atoms with van der Waals surface area (Å²) in [6.07, 6.45) is 3.93. The second-order valence-corrected chi connectivity index (χ2v) is 8.42. The lowest BCUT2D eigenvalue weighted by Gasteiger charge is -2.12. The number of pyridine rings is 2. The third-order valence-corrected chi connectivity index (χ3v) is 5.74. The highest BCUT2D eigenvalue weighted by atomic mass is 32.2. The molecule has 11 heteroatoms. The number of halogens is 2. The molecule has 3 aromatic heterocycles. The zero-order valence-electron chi connectivity index (χ0n) is 16.1. The van der Waals surface area contributed by atoms with E-state index in [4.69, 9.17) is 6.57 Å². The zero-order chi connectivity index (χ0) is 22.9. The molecule has 4 rings (SSSR count). The third kappa shape index (κ3) is 4.03. The van der Waals surface area contributed by atoms with Gasteiger partial charge in [-0.1, -0.05) is 6.07 Å². The maximum absolute atomic E-state index is 15.1. The van der Waals surface area contributed by atoms with Crippen LogP contribution in [0.3, 0.4) is 0 Å². The first-order valence-corrected chi connectivity index (χ1v) is 10.7. The Kier molecular flexibility index (Phi) is 5.38. The Balaban J connectivity index is 1.71. The summed E-state index contributed by atoms with van der Waals surface area (Å²) in [6.45, 7) is 7.07. The molecule has 0 unspecified atom stereocenters. The smallest absolute Gasteiger partial charge is 0.238 e. The molecule has 0 spiro atoms. The number of nitrogens with zero attached hydrogens (tertiary/aromatic N) is 3. The number of nitrogens with one attached hydrogen (secondary N) is 2. The minimum Gasteiger partial charge on any atom is -0.345 e. The van der Waals surface area contributed by atoms with Crippen LogP contribution in [0.1, 0.15) is 21.6 Å². The number of carbonyl (C=O) groups is 1. The molecule has 0 amide bonds. The van der Waals surface area contributed by atoms with Gasteiger partial charge < -0.3 is 4.98 Å². The molecule has 0 saturated carbocycles. The maximum Gasteiger partial charge on any atom is 0.238 e. The summed E-state index contributed by atoms with van der Waals surface area (Å²) < 4.78 is 56.5. The summed E-state index contributed by atoms with van der Waals surface area (Å²) in [6, 6.07) is 7.76. The molecule has 8 nitrogen and oxygen atoms in total. The summed E-state index contributed by atoms with van der Waals surface area (Å²) in [5.41, 5.74) is -0.996. The zero-order valence-corrected chi connectivity index (χ0v) is 17.0. The fraction of sp³-hybridized carbons (Fsp3) is 0.0476. The van der Waals surface area contributed by atoms with Crippen LogP contribution in [0, 0.1) is 18.2 Å². The molecule has 2 N–H and O–H groups in total. The molecule has 0 saturated heterocycles. The van der Waals surface area contributed by atoms with Crippen molar-refractivity contribution < 1.29 is 22.0 Å². The van der Waals surface area contributed by atoms with Gasteiger partial charge in [0.2, 0.25) is 21.5 Å². The Morgan fingerprint density at radius 1 is 1.19 bits per heavy atom. The number of hydrogen-bond acceptors (Lipinski definition) is 5. The molecule has 3 heterocycles.